The Morgan fingerprint density at radius 1 is 1.37 bits per heavy atom. The fraction of sp³-hybridized carbons (Fsp3) is 0.533. The molecule has 1 heterocycles. The Kier molecular flexibility index (Phi) is 4.30. The third kappa shape index (κ3) is 3.00. The molecule has 0 radical (unpaired) electrons. The van der Waals surface area contributed by atoms with Gasteiger partial charge in [0.05, 0.1) is 11.4 Å². The average molecular weight is 261 g/mol. The predicted octanol–water partition coefficient (Wildman–Crippen LogP) is 2.95. The lowest BCUT2D eigenvalue weighted by molar-refractivity contribution is 0.180. The number of amides is 2. The Hall–Kier alpha value is -1.71. The standard InChI is InChI=1S/C15H23N3O/c1-3-18(14-7-5-4-6-13(14)16)15(19)17-10-8-12(2)9-11-17/h4-7,12H,3,8-11,16H2,1-2H3. The third-order valence-corrected chi connectivity index (χ3v) is 3.83. The molecule has 0 aliphatic carbocycles. The van der Waals surface area contributed by atoms with E-state index in [1.807, 2.05) is 36.1 Å². The molecule has 0 bridgehead atoms. The monoisotopic (exact) mass is 261 g/mol. The molecule has 2 rings (SSSR count). The molecule has 1 aliphatic heterocycles. The van der Waals surface area contributed by atoms with E-state index in [9.17, 15) is 4.79 Å². The molecule has 0 atom stereocenters. The first-order valence-corrected chi connectivity index (χ1v) is 7.04. The zero-order valence-electron chi connectivity index (χ0n) is 11.8. The molecule has 1 aromatic rings. The van der Waals surface area contributed by atoms with Crippen LogP contribution in [0.2, 0.25) is 0 Å². The second-order valence-corrected chi connectivity index (χ2v) is 5.26. The number of para-hydroxylation sites is 2. The van der Waals surface area contributed by atoms with Gasteiger partial charge in [0.2, 0.25) is 0 Å². The van der Waals surface area contributed by atoms with Crippen LogP contribution in [0.15, 0.2) is 24.3 Å². The van der Waals surface area contributed by atoms with Crippen molar-refractivity contribution in [3.05, 3.63) is 24.3 Å². The second kappa shape index (κ2) is 5.95. The van der Waals surface area contributed by atoms with Crippen molar-refractivity contribution in [3.63, 3.8) is 0 Å². The average Bonchev–Trinajstić information content (AvgIpc) is 2.42. The Bertz CT molecular complexity index is 439. The number of likely N-dealkylation sites (tertiary alicyclic amines) is 1. The van der Waals surface area contributed by atoms with Crippen LogP contribution >= 0.6 is 0 Å². The summed E-state index contributed by atoms with van der Waals surface area (Å²) in [5.74, 6) is 0.723. The summed E-state index contributed by atoms with van der Waals surface area (Å²) in [6.07, 6.45) is 2.18. The minimum Gasteiger partial charge on any atom is -0.397 e. The van der Waals surface area contributed by atoms with Crippen LogP contribution in [0.5, 0.6) is 0 Å². The van der Waals surface area contributed by atoms with Crippen molar-refractivity contribution in [1.82, 2.24) is 4.90 Å². The van der Waals surface area contributed by atoms with E-state index in [1.54, 1.807) is 4.90 Å². The Morgan fingerprint density at radius 2 is 2.00 bits per heavy atom. The number of piperidine rings is 1. The van der Waals surface area contributed by atoms with Gasteiger partial charge in [-0.25, -0.2) is 4.79 Å². The van der Waals surface area contributed by atoms with Gasteiger partial charge in [-0.05, 0) is 37.8 Å². The van der Waals surface area contributed by atoms with Gasteiger partial charge in [-0.1, -0.05) is 19.1 Å². The van der Waals surface area contributed by atoms with Crippen LogP contribution in [-0.2, 0) is 0 Å². The van der Waals surface area contributed by atoms with Crippen LogP contribution in [-0.4, -0.2) is 30.6 Å². The molecule has 1 aromatic carbocycles. The van der Waals surface area contributed by atoms with Crippen molar-refractivity contribution in [2.75, 3.05) is 30.3 Å². The summed E-state index contributed by atoms with van der Waals surface area (Å²) in [7, 11) is 0. The molecule has 4 nitrogen and oxygen atoms in total. The Labute approximate surface area is 115 Å². The van der Waals surface area contributed by atoms with Gasteiger partial charge in [0.25, 0.3) is 0 Å². The summed E-state index contributed by atoms with van der Waals surface area (Å²) in [5, 5.41) is 0. The smallest absolute Gasteiger partial charge is 0.324 e. The fourth-order valence-electron chi connectivity index (χ4n) is 2.51. The molecule has 1 fully saturated rings. The minimum absolute atomic E-state index is 0.0762. The fourth-order valence-corrected chi connectivity index (χ4v) is 2.51. The van der Waals surface area contributed by atoms with E-state index in [4.69, 9.17) is 5.73 Å². The number of rotatable bonds is 2. The van der Waals surface area contributed by atoms with E-state index in [0.717, 1.165) is 37.5 Å². The number of urea groups is 1. The first-order chi connectivity index (χ1) is 9.13. The maximum atomic E-state index is 12.6. The number of hydrogen-bond donors (Lipinski definition) is 1. The van der Waals surface area contributed by atoms with E-state index >= 15 is 0 Å². The van der Waals surface area contributed by atoms with Gasteiger partial charge in [-0.3, -0.25) is 4.90 Å². The van der Waals surface area contributed by atoms with Crippen molar-refractivity contribution in [2.24, 2.45) is 5.92 Å². The van der Waals surface area contributed by atoms with Crippen LogP contribution in [0, 0.1) is 5.92 Å². The minimum atomic E-state index is 0.0762. The lowest BCUT2D eigenvalue weighted by Crippen LogP contribution is -2.46. The van der Waals surface area contributed by atoms with Crippen LogP contribution in [0.3, 0.4) is 0 Å². The van der Waals surface area contributed by atoms with Crippen molar-refractivity contribution in [1.29, 1.82) is 0 Å². The number of benzene rings is 1. The van der Waals surface area contributed by atoms with E-state index in [0.29, 0.717) is 12.2 Å². The molecule has 104 valence electrons. The number of nitrogen functional groups attached to an aromatic ring is 1. The molecular formula is C15H23N3O. The van der Waals surface area contributed by atoms with Gasteiger partial charge < -0.3 is 10.6 Å². The summed E-state index contributed by atoms with van der Waals surface area (Å²) in [6, 6.07) is 7.62. The van der Waals surface area contributed by atoms with Gasteiger partial charge in [0.1, 0.15) is 0 Å². The highest BCUT2D eigenvalue weighted by Gasteiger charge is 2.25. The highest BCUT2D eigenvalue weighted by atomic mass is 16.2. The molecule has 19 heavy (non-hydrogen) atoms. The number of carbonyl (C=O) groups excluding carboxylic acids is 1. The molecule has 2 amide bonds. The number of carbonyl (C=O) groups is 1. The van der Waals surface area contributed by atoms with Crippen LogP contribution < -0.4 is 10.6 Å². The normalized spacial score (nSPS) is 16.4. The lowest BCUT2D eigenvalue weighted by atomic mass is 9.99. The molecule has 0 aromatic heterocycles. The topological polar surface area (TPSA) is 49.6 Å². The van der Waals surface area contributed by atoms with Gasteiger partial charge in [0, 0.05) is 19.6 Å². The Balaban J connectivity index is 2.14. The largest absolute Gasteiger partial charge is 0.397 e. The van der Waals surface area contributed by atoms with Crippen molar-refractivity contribution in [2.45, 2.75) is 26.7 Å². The first kappa shape index (κ1) is 13.7. The van der Waals surface area contributed by atoms with E-state index in [1.165, 1.54) is 0 Å². The summed E-state index contributed by atoms with van der Waals surface area (Å²) in [4.78, 5) is 16.3. The quantitative estimate of drug-likeness (QED) is 0.832. The number of hydrogen-bond acceptors (Lipinski definition) is 2. The molecular weight excluding hydrogens is 238 g/mol. The molecule has 2 N–H and O–H groups in total. The third-order valence-electron chi connectivity index (χ3n) is 3.83. The Morgan fingerprint density at radius 3 is 2.58 bits per heavy atom. The molecule has 0 spiro atoms. The van der Waals surface area contributed by atoms with Crippen molar-refractivity contribution in [3.8, 4) is 0 Å². The summed E-state index contributed by atoms with van der Waals surface area (Å²) in [6.45, 7) is 6.57. The molecule has 0 unspecified atom stereocenters. The number of nitrogens with two attached hydrogens (primary N) is 1. The van der Waals surface area contributed by atoms with Gasteiger partial charge >= 0.3 is 6.03 Å². The van der Waals surface area contributed by atoms with Crippen LogP contribution in [0.25, 0.3) is 0 Å². The molecule has 4 heteroatoms. The van der Waals surface area contributed by atoms with Crippen LogP contribution in [0.1, 0.15) is 26.7 Å². The summed E-state index contributed by atoms with van der Waals surface area (Å²) < 4.78 is 0. The zero-order chi connectivity index (χ0) is 13.8. The first-order valence-electron chi connectivity index (χ1n) is 7.04. The highest BCUT2D eigenvalue weighted by molar-refractivity contribution is 5.95. The molecule has 1 saturated heterocycles. The SMILES string of the molecule is CCN(C(=O)N1CCC(C)CC1)c1ccccc1N. The van der Waals surface area contributed by atoms with Gasteiger partial charge in [-0.2, -0.15) is 0 Å². The van der Waals surface area contributed by atoms with Gasteiger partial charge in [-0.15, -0.1) is 0 Å². The lowest BCUT2D eigenvalue weighted by Gasteiger charge is -2.34. The summed E-state index contributed by atoms with van der Waals surface area (Å²) in [5.41, 5.74) is 7.44. The zero-order valence-corrected chi connectivity index (χ0v) is 11.8. The van der Waals surface area contributed by atoms with Crippen molar-refractivity contribution < 1.29 is 4.79 Å². The van der Waals surface area contributed by atoms with E-state index < -0.39 is 0 Å². The molecule has 1 aliphatic rings. The number of nitrogens with zero attached hydrogens (tertiary/aromatic N) is 2. The van der Waals surface area contributed by atoms with Crippen LogP contribution in [0.4, 0.5) is 16.2 Å². The maximum Gasteiger partial charge on any atom is 0.324 e. The van der Waals surface area contributed by atoms with Gasteiger partial charge in [0.15, 0.2) is 0 Å². The van der Waals surface area contributed by atoms with Crippen molar-refractivity contribution >= 4 is 17.4 Å². The highest BCUT2D eigenvalue weighted by Crippen LogP contribution is 2.25. The maximum absolute atomic E-state index is 12.6. The van der Waals surface area contributed by atoms with E-state index in [-0.39, 0.29) is 6.03 Å². The second-order valence-electron chi connectivity index (χ2n) is 5.26. The molecule has 0 saturated carbocycles. The predicted molar refractivity (Wildman–Crippen MR) is 79.2 cm³/mol. The van der Waals surface area contributed by atoms with E-state index in [2.05, 4.69) is 6.92 Å². The number of anilines is 2. The summed E-state index contributed by atoms with van der Waals surface area (Å²) >= 11 is 0.